The molecule has 0 bridgehead atoms. The van der Waals surface area contributed by atoms with Crippen LogP contribution in [-0.2, 0) is 0 Å². The molecule has 1 saturated heterocycles. The summed E-state index contributed by atoms with van der Waals surface area (Å²) >= 11 is 10.3. The van der Waals surface area contributed by atoms with E-state index in [1.165, 1.54) is 6.42 Å². The van der Waals surface area contributed by atoms with Crippen LogP contribution in [0.5, 0.6) is 0 Å². The SMILES string of the molecule is CNC(=S)N(C)C(=S)N1CCC1. The molecule has 1 fully saturated rings. The van der Waals surface area contributed by atoms with E-state index in [1.54, 1.807) is 7.05 Å². The van der Waals surface area contributed by atoms with Crippen LogP contribution in [0.15, 0.2) is 0 Å². The summed E-state index contributed by atoms with van der Waals surface area (Å²) in [5, 5.41) is 4.38. The number of hydrogen-bond donors (Lipinski definition) is 1. The summed E-state index contributed by atoms with van der Waals surface area (Å²) in [4.78, 5) is 3.96. The second-order valence-corrected chi connectivity index (χ2v) is 3.49. The Morgan fingerprint density at radius 1 is 1.42 bits per heavy atom. The van der Waals surface area contributed by atoms with Crippen molar-refractivity contribution in [2.45, 2.75) is 6.42 Å². The van der Waals surface area contributed by atoms with Crippen molar-refractivity contribution in [3.05, 3.63) is 0 Å². The molecule has 0 aromatic rings. The number of nitrogens with one attached hydrogen (secondary N) is 1. The highest BCUT2D eigenvalue weighted by molar-refractivity contribution is 7.81. The maximum atomic E-state index is 5.22. The average molecular weight is 203 g/mol. The molecule has 0 aromatic carbocycles. The fourth-order valence-corrected chi connectivity index (χ4v) is 1.39. The smallest absolute Gasteiger partial charge is 0.177 e. The number of nitrogens with zero attached hydrogens (tertiary/aromatic N) is 2. The van der Waals surface area contributed by atoms with Crippen LogP contribution in [0.3, 0.4) is 0 Å². The largest absolute Gasteiger partial charge is 0.365 e. The Bertz CT molecular complexity index is 201. The number of likely N-dealkylation sites (tertiary alicyclic amines) is 1. The van der Waals surface area contributed by atoms with Crippen LogP contribution in [0.25, 0.3) is 0 Å². The van der Waals surface area contributed by atoms with Crippen LogP contribution < -0.4 is 5.32 Å². The molecule has 1 N–H and O–H groups in total. The van der Waals surface area contributed by atoms with Crippen molar-refractivity contribution in [3.63, 3.8) is 0 Å². The fraction of sp³-hybridized carbons (Fsp3) is 0.714. The van der Waals surface area contributed by atoms with E-state index in [2.05, 4.69) is 10.2 Å². The minimum Gasteiger partial charge on any atom is -0.365 e. The molecular weight excluding hydrogens is 190 g/mol. The third-order valence-electron chi connectivity index (χ3n) is 1.93. The van der Waals surface area contributed by atoms with Crippen molar-refractivity contribution in [3.8, 4) is 0 Å². The van der Waals surface area contributed by atoms with Crippen LogP contribution >= 0.6 is 24.4 Å². The first-order valence-electron chi connectivity index (χ1n) is 3.91. The number of thiocarbonyl (C=S) groups is 2. The van der Waals surface area contributed by atoms with Crippen molar-refractivity contribution in [1.82, 2.24) is 15.1 Å². The molecule has 1 aliphatic rings. The van der Waals surface area contributed by atoms with E-state index in [0.717, 1.165) is 18.2 Å². The van der Waals surface area contributed by atoms with E-state index < -0.39 is 0 Å². The minimum atomic E-state index is 0.673. The Labute approximate surface area is 83.7 Å². The molecule has 5 heteroatoms. The Kier molecular flexibility index (Phi) is 3.22. The summed E-state index contributed by atoms with van der Waals surface area (Å²) in [7, 11) is 3.69. The highest BCUT2D eigenvalue weighted by atomic mass is 32.1. The molecule has 0 radical (unpaired) electrons. The zero-order valence-corrected chi connectivity index (χ0v) is 8.97. The molecule has 12 heavy (non-hydrogen) atoms. The van der Waals surface area contributed by atoms with Crippen LogP contribution in [-0.4, -0.2) is 47.2 Å². The summed E-state index contributed by atoms with van der Waals surface area (Å²) < 4.78 is 0. The van der Waals surface area contributed by atoms with Gasteiger partial charge in [-0.15, -0.1) is 0 Å². The van der Waals surface area contributed by atoms with Gasteiger partial charge >= 0.3 is 0 Å². The topological polar surface area (TPSA) is 18.5 Å². The maximum Gasteiger partial charge on any atom is 0.177 e. The Balaban J connectivity index is 2.45. The van der Waals surface area contributed by atoms with Crippen LogP contribution in [0.2, 0.25) is 0 Å². The van der Waals surface area contributed by atoms with E-state index in [0.29, 0.717) is 5.11 Å². The van der Waals surface area contributed by atoms with Gasteiger partial charge in [-0.25, -0.2) is 0 Å². The molecule has 0 spiro atoms. The lowest BCUT2D eigenvalue weighted by Gasteiger charge is -2.37. The van der Waals surface area contributed by atoms with E-state index in [1.807, 2.05) is 11.9 Å². The fourth-order valence-electron chi connectivity index (χ4n) is 0.974. The van der Waals surface area contributed by atoms with Crippen LogP contribution in [0, 0.1) is 0 Å². The van der Waals surface area contributed by atoms with Gasteiger partial charge in [0.2, 0.25) is 0 Å². The molecule has 0 aromatic heterocycles. The second-order valence-electron chi connectivity index (χ2n) is 2.74. The molecule has 1 rings (SSSR count). The lowest BCUT2D eigenvalue weighted by molar-refractivity contribution is 0.284. The molecule has 0 saturated carbocycles. The normalized spacial score (nSPS) is 15.0. The van der Waals surface area contributed by atoms with Crippen molar-refractivity contribution in [2.75, 3.05) is 27.2 Å². The Morgan fingerprint density at radius 3 is 2.33 bits per heavy atom. The summed E-state index contributed by atoms with van der Waals surface area (Å²) in [5.41, 5.74) is 0. The monoisotopic (exact) mass is 203 g/mol. The van der Waals surface area contributed by atoms with Crippen molar-refractivity contribution < 1.29 is 0 Å². The molecule has 68 valence electrons. The predicted octanol–water partition coefficient (Wildman–Crippen LogP) is 0.413. The maximum absolute atomic E-state index is 5.22. The summed E-state index contributed by atoms with van der Waals surface area (Å²) in [5.74, 6) is 0. The first-order chi connectivity index (χ1) is 5.66. The summed E-state index contributed by atoms with van der Waals surface area (Å²) in [6.45, 7) is 2.13. The highest BCUT2D eigenvalue weighted by Gasteiger charge is 2.21. The van der Waals surface area contributed by atoms with Gasteiger partial charge in [0.15, 0.2) is 10.2 Å². The highest BCUT2D eigenvalue weighted by Crippen LogP contribution is 2.08. The molecule has 1 aliphatic heterocycles. The van der Waals surface area contributed by atoms with Gasteiger partial charge in [-0.2, -0.15) is 0 Å². The van der Waals surface area contributed by atoms with Gasteiger partial charge in [-0.05, 0) is 30.9 Å². The van der Waals surface area contributed by atoms with Gasteiger partial charge < -0.3 is 10.2 Å². The minimum absolute atomic E-state index is 0.673. The Hall–Kier alpha value is -0.420. The third-order valence-corrected chi connectivity index (χ3v) is 2.94. The molecule has 0 atom stereocenters. The molecule has 0 amide bonds. The van der Waals surface area contributed by atoms with Crippen molar-refractivity contribution in [2.24, 2.45) is 0 Å². The zero-order valence-electron chi connectivity index (χ0n) is 7.33. The van der Waals surface area contributed by atoms with Gasteiger partial charge in [-0.1, -0.05) is 0 Å². The number of hydrogen-bond acceptors (Lipinski definition) is 2. The molecule has 0 aliphatic carbocycles. The predicted molar refractivity (Wildman–Crippen MR) is 58.2 cm³/mol. The van der Waals surface area contributed by atoms with Gasteiger partial charge in [-0.3, -0.25) is 4.90 Å². The van der Waals surface area contributed by atoms with E-state index in [4.69, 9.17) is 24.4 Å². The van der Waals surface area contributed by atoms with Crippen LogP contribution in [0.4, 0.5) is 0 Å². The van der Waals surface area contributed by atoms with E-state index in [-0.39, 0.29) is 0 Å². The third kappa shape index (κ3) is 1.84. The number of rotatable bonds is 0. The standard InChI is InChI=1S/C7H13N3S2/c1-8-6(11)9(2)7(12)10-4-3-5-10/h3-5H2,1-2H3,(H,8,11). The lowest BCUT2D eigenvalue weighted by Crippen LogP contribution is -2.51. The molecule has 1 heterocycles. The summed E-state index contributed by atoms with van der Waals surface area (Å²) in [6, 6.07) is 0. The second kappa shape index (κ2) is 4.00. The van der Waals surface area contributed by atoms with Gasteiger partial charge in [0.1, 0.15) is 0 Å². The molecule has 3 nitrogen and oxygen atoms in total. The summed E-state index contributed by atoms with van der Waals surface area (Å²) in [6.07, 6.45) is 1.24. The van der Waals surface area contributed by atoms with E-state index in [9.17, 15) is 0 Å². The van der Waals surface area contributed by atoms with Gasteiger partial charge in [0.25, 0.3) is 0 Å². The average Bonchev–Trinajstić information content (AvgIpc) is 1.98. The zero-order chi connectivity index (χ0) is 9.14. The van der Waals surface area contributed by atoms with Crippen molar-refractivity contribution in [1.29, 1.82) is 0 Å². The molecular formula is C7H13N3S2. The lowest BCUT2D eigenvalue weighted by atomic mass is 10.2. The van der Waals surface area contributed by atoms with Crippen LogP contribution in [0.1, 0.15) is 6.42 Å². The Morgan fingerprint density at radius 2 is 2.00 bits per heavy atom. The molecule has 0 unspecified atom stereocenters. The first kappa shape index (κ1) is 9.67. The van der Waals surface area contributed by atoms with Gasteiger partial charge in [0.05, 0.1) is 0 Å². The first-order valence-corrected chi connectivity index (χ1v) is 4.73. The van der Waals surface area contributed by atoms with Crippen molar-refractivity contribution >= 4 is 34.7 Å². The van der Waals surface area contributed by atoms with Gasteiger partial charge in [0, 0.05) is 27.2 Å². The quantitative estimate of drug-likeness (QED) is 0.573. The van der Waals surface area contributed by atoms with E-state index >= 15 is 0 Å².